The highest BCUT2D eigenvalue weighted by Crippen LogP contribution is 2.22. The summed E-state index contributed by atoms with van der Waals surface area (Å²) < 4.78 is 6.64. The third kappa shape index (κ3) is 3.97. The Morgan fingerprint density at radius 3 is 2.50 bits per heavy atom. The molecule has 0 fully saturated rings. The van der Waals surface area contributed by atoms with Crippen LogP contribution in [0.4, 0.5) is 11.4 Å². The maximum atomic E-state index is 13.1. The Kier molecular flexibility index (Phi) is 5.12. The van der Waals surface area contributed by atoms with Crippen LogP contribution in [0.2, 0.25) is 0 Å². The number of benzene rings is 2. The molecule has 0 aliphatic heterocycles. The predicted molar refractivity (Wildman–Crippen MR) is 108 cm³/mol. The van der Waals surface area contributed by atoms with Crippen molar-refractivity contribution >= 4 is 29.1 Å². The first kappa shape index (κ1) is 18.7. The van der Waals surface area contributed by atoms with Gasteiger partial charge < -0.3 is 9.73 Å². The highest BCUT2D eigenvalue weighted by molar-refractivity contribution is 6.24. The number of tetrazole rings is 1. The predicted octanol–water partition coefficient (Wildman–Crippen LogP) is 3.48. The fourth-order valence-corrected chi connectivity index (χ4v) is 2.71. The molecule has 0 spiro atoms. The number of rotatable bonds is 6. The van der Waals surface area contributed by atoms with Crippen LogP contribution in [-0.4, -0.2) is 31.0 Å². The van der Waals surface area contributed by atoms with Crippen LogP contribution in [0.5, 0.6) is 0 Å². The van der Waals surface area contributed by atoms with Gasteiger partial charge in [-0.15, -0.1) is 5.10 Å². The molecule has 30 heavy (non-hydrogen) atoms. The minimum Gasteiger partial charge on any atom is -0.465 e. The van der Waals surface area contributed by atoms with E-state index in [9.17, 15) is 14.9 Å². The molecule has 2 aromatic heterocycles. The number of carbonyl (C=O) groups is 1. The summed E-state index contributed by atoms with van der Waals surface area (Å²) in [6, 6.07) is 18.0. The standard InChI is InChI=1S/C20H14N6O4/c27-20(21-15-8-10-16(11-9-15)26(28)29)18(13-17-7-4-12-30-17)25-19(22-23-24-25)14-5-2-1-3-6-14/h1-13H,(H,21,27). The Labute approximate surface area is 169 Å². The molecule has 2 heterocycles. The van der Waals surface area contributed by atoms with Gasteiger partial charge in [-0.05, 0) is 34.7 Å². The number of hydrogen-bond acceptors (Lipinski definition) is 7. The highest BCUT2D eigenvalue weighted by atomic mass is 16.6. The first-order chi connectivity index (χ1) is 14.6. The molecular formula is C20H14N6O4. The first-order valence-corrected chi connectivity index (χ1v) is 8.77. The summed E-state index contributed by atoms with van der Waals surface area (Å²) in [7, 11) is 0. The minimum atomic E-state index is -0.523. The van der Waals surface area contributed by atoms with E-state index in [1.54, 1.807) is 12.1 Å². The zero-order chi connectivity index (χ0) is 20.9. The van der Waals surface area contributed by atoms with E-state index in [1.807, 2.05) is 30.3 Å². The lowest BCUT2D eigenvalue weighted by atomic mass is 10.2. The summed E-state index contributed by atoms with van der Waals surface area (Å²) in [5.74, 6) is 0.273. The minimum absolute atomic E-state index is 0.0776. The first-order valence-electron chi connectivity index (χ1n) is 8.77. The van der Waals surface area contributed by atoms with E-state index in [2.05, 4.69) is 20.8 Å². The summed E-state index contributed by atoms with van der Waals surface area (Å²) in [6.45, 7) is 0. The molecule has 1 amide bonds. The van der Waals surface area contributed by atoms with Crippen LogP contribution in [0.3, 0.4) is 0 Å². The van der Waals surface area contributed by atoms with E-state index in [4.69, 9.17) is 4.42 Å². The molecule has 0 unspecified atom stereocenters. The van der Waals surface area contributed by atoms with Gasteiger partial charge in [-0.1, -0.05) is 30.3 Å². The average Bonchev–Trinajstić information content (AvgIpc) is 3.45. The number of carbonyl (C=O) groups excluding carboxylic acids is 1. The molecule has 0 aliphatic carbocycles. The quantitative estimate of drug-likeness (QED) is 0.297. The lowest BCUT2D eigenvalue weighted by Crippen LogP contribution is -2.19. The van der Waals surface area contributed by atoms with E-state index in [-0.39, 0.29) is 11.4 Å². The maximum Gasteiger partial charge on any atom is 0.274 e. The van der Waals surface area contributed by atoms with Crippen LogP contribution in [0, 0.1) is 10.1 Å². The molecule has 0 bridgehead atoms. The Bertz CT molecular complexity index is 1200. The average molecular weight is 402 g/mol. The molecule has 2 aromatic carbocycles. The number of nitrogens with zero attached hydrogens (tertiary/aromatic N) is 5. The van der Waals surface area contributed by atoms with Gasteiger partial charge in [0.15, 0.2) is 5.82 Å². The molecule has 1 N–H and O–H groups in total. The number of nitrogens with one attached hydrogen (secondary N) is 1. The van der Waals surface area contributed by atoms with Gasteiger partial charge in [0.1, 0.15) is 11.5 Å². The Morgan fingerprint density at radius 1 is 1.07 bits per heavy atom. The molecule has 4 aromatic rings. The van der Waals surface area contributed by atoms with Crippen molar-refractivity contribution in [2.45, 2.75) is 0 Å². The summed E-state index contributed by atoms with van der Waals surface area (Å²) in [4.78, 5) is 23.4. The summed E-state index contributed by atoms with van der Waals surface area (Å²) in [5.41, 5.74) is 1.12. The second-order valence-electron chi connectivity index (χ2n) is 6.08. The maximum absolute atomic E-state index is 13.1. The van der Waals surface area contributed by atoms with Gasteiger partial charge in [0, 0.05) is 29.5 Å². The molecule has 10 heteroatoms. The Hall–Kier alpha value is -4.60. The van der Waals surface area contributed by atoms with Gasteiger partial charge in [0.25, 0.3) is 11.6 Å². The van der Waals surface area contributed by atoms with E-state index in [0.29, 0.717) is 17.3 Å². The number of aromatic nitrogens is 4. The molecule has 148 valence electrons. The number of anilines is 1. The van der Waals surface area contributed by atoms with Crippen LogP contribution in [0.1, 0.15) is 5.76 Å². The molecule has 0 radical (unpaired) electrons. The van der Waals surface area contributed by atoms with Crippen LogP contribution < -0.4 is 5.32 Å². The van der Waals surface area contributed by atoms with Crippen molar-refractivity contribution < 1.29 is 14.1 Å². The molecule has 0 aliphatic rings. The summed E-state index contributed by atoms with van der Waals surface area (Å²) in [6.07, 6.45) is 2.99. The van der Waals surface area contributed by atoms with E-state index in [1.165, 1.54) is 41.3 Å². The van der Waals surface area contributed by atoms with E-state index < -0.39 is 10.8 Å². The smallest absolute Gasteiger partial charge is 0.274 e. The van der Waals surface area contributed by atoms with Gasteiger partial charge in [0.2, 0.25) is 0 Å². The van der Waals surface area contributed by atoms with Crippen LogP contribution in [-0.2, 0) is 4.79 Å². The SMILES string of the molecule is O=C(Nc1ccc([N+](=O)[O-])cc1)C(=Cc1ccco1)n1nnnc1-c1ccccc1. The number of hydrogen-bond donors (Lipinski definition) is 1. The zero-order valence-electron chi connectivity index (χ0n) is 15.4. The third-order valence-corrected chi connectivity index (χ3v) is 4.12. The number of amides is 1. The topological polar surface area (TPSA) is 129 Å². The van der Waals surface area contributed by atoms with Crippen LogP contribution in [0.25, 0.3) is 23.2 Å². The van der Waals surface area contributed by atoms with Gasteiger partial charge in [0.05, 0.1) is 11.2 Å². The van der Waals surface area contributed by atoms with Gasteiger partial charge in [-0.3, -0.25) is 14.9 Å². The molecular weight excluding hydrogens is 388 g/mol. The largest absolute Gasteiger partial charge is 0.465 e. The zero-order valence-corrected chi connectivity index (χ0v) is 15.4. The molecule has 0 saturated carbocycles. The number of nitro benzene ring substituents is 1. The van der Waals surface area contributed by atoms with Crippen molar-refractivity contribution in [1.29, 1.82) is 0 Å². The molecule has 4 rings (SSSR count). The Balaban J connectivity index is 1.71. The number of nitro groups is 1. The van der Waals surface area contributed by atoms with E-state index in [0.717, 1.165) is 5.56 Å². The molecule has 0 atom stereocenters. The van der Waals surface area contributed by atoms with Gasteiger partial charge in [-0.2, -0.15) is 4.68 Å². The van der Waals surface area contributed by atoms with E-state index >= 15 is 0 Å². The van der Waals surface area contributed by atoms with Crippen molar-refractivity contribution in [3.8, 4) is 11.4 Å². The van der Waals surface area contributed by atoms with Gasteiger partial charge >= 0.3 is 0 Å². The van der Waals surface area contributed by atoms with Crippen molar-refractivity contribution in [3.05, 3.63) is 88.9 Å². The number of furan rings is 1. The lowest BCUT2D eigenvalue weighted by molar-refractivity contribution is -0.384. The normalized spacial score (nSPS) is 11.3. The van der Waals surface area contributed by atoms with Crippen molar-refractivity contribution in [2.75, 3.05) is 5.32 Å². The highest BCUT2D eigenvalue weighted by Gasteiger charge is 2.20. The second-order valence-corrected chi connectivity index (χ2v) is 6.08. The van der Waals surface area contributed by atoms with Crippen LogP contribution in [0.15, 0.2) is 77.4 Å². The summed E-state index contributed by atoms with van der Waals surface area (Å²) in [5, 5.41) is 25.2. The van der Waals surface area contributed by atoms with Crippen molar-refractivity contribution in [1.82, 2.24) is 20.2 Å². The fourth-order valence-electron chi connectivity index (χ4n) is 2.71. The number of non-ortho nitro benzene ring substituents is 1. The fraction of sp³-hybridized carbons (Fsp3) is 0. The Morgan fingerprint density at radius 2 is 1.83 bits per heavy atom. The lowest BCUT2D eigenvalue weighted by Gasteiger charge is -2.10. The van der Waals surface area contributed by atoms with Crippen LogP contribution >= 0.6 is 0 Å². The van der Waals surface area contributed by atoms with Gasteiger partial charge in [-0.25, -0.2) is 0 Å². The second kappa shape index (κ2) is 8.19. The third-order valence-electron chi connectivity index (χ3n) is 4.12. The van der Waals surface area contributed by atoms with Crippen molar-refractivity contribution in [3.63, 3.8) is 0 Å². The summed E-state index contributed by atoms with van der Waals surface area (Å²) >= 11 is 0. The van der Waals surface area contributed by atoms with Crippen molar-refractivity contribution in [2.24, 2.45) is 0 Å². The monoisotopic (exact) mass is 402 g/mol. The molecule has 10 nitrogen and oxygen atoms in total. The molecule has 0 saturated heterocycles.